The van der Waals surface area contributed by atoms with Crippen LogP contribution in [0, 0.1) is 5.82 Å². The van der Waals surface area contributed by atoms with Crippen molar-refractivity contribution in [3.05, 3.63) is 52.8 Å². The third-order valence-electron chi connectivity index (χ3n) is 2.36. The Bertz CT molecular complexity index is 505. The number of carbonyl (C=O) groups is 1. The molecule has 0 spiro atoms. The van der Waals surface area contributed by atoms with Gasteiger partial charge in [-0.05, 0) is 12.1 Å². The zero-order valence-corrected chi connectivity index (χ0v) is 9.67. The topological polar surface area (TPSA) is 45.8 Å². The molecule has 2 aromatic rings. The van der Waals surface area contributed by atoms with Gasteiger partial charge >= 0.3 is 0 Å². The van der Waals surface area contributed by atoms with Crippen LogP contribution in [0.1, 0.15) is 11.4 Å². The Morgan fingerprint density at radius 3 is 2.88 bits per heavy atom. The first-order chi connectivity index (χ1) is 8.16. The van der Waals surface area contributed by atoms with E-state index in [1.54, 1.807) is 18.5 Å². The minimum Gasteiger partial charge on any atom is -0.348 e. The highest BCUT2D eigenvalue weighted by Crippen LogP contribution is 2.19. The summed E-state index contributed by atoms with van der Waals surface area (Å²) in [6, 6.07) is 4.37. The third kappa shape index (κ3) is 2.91. The summed E-state index contributed by atoms with van der Waals surface area (Å²) >= 11 is 5.84. The van der Waals surface area contributed by atoms with E-state index in [2.05, 4.69) is 9.97 Å². The molecule has 0 fully saturated rings. The molecule has 0 saturated heterocycles. The number of hydrogen-bond donors (Lipinski definition) is 1. The zero-order valence-electron chi connectivity index (χ0n) is 8.91. The number of halogens is 2. The normalized spacial score (nSPS) is 10.5. The lowest BCUT2D eigenvalue weighted by atomic mass is 10.1. The van der Waals surface area contributed by atoms with E-state index in [9.17, 15) is 9.18 Å². The molecule has 0 unspecified atom stereocenters. The summed E-state index contributed by atoms with van der Waals surface area (Å²) in [4.78, 5) is 18.5. The average Bonchev–Trinajstić information content (AvgIpc) is 2.76. The summed E-state index contributed by atoms with van der Waals surface area (Å²) in [6.07, 6.45) is 3.33. The highest BCUT2D eigenvalue weighted by molar-refractivity contribution is 6.31. The first-order valence-corrected chi connectivity index (χ1v) is 5.47. The van der Waals surface area contributed by atoms with Gasteiger partial charge in [-0.25, -0.2) is 9.37 Å². The number of aromatic amines is 1. The van der Waals surface area contributed by atoms with E-state index in [4.69, 9.17) is 11.6 Å². The Morgan fingerprint density at radius 1 is 1.41 bits per heavy atom. The Balaban J connectivity index is 2.08. The minimum atomic E-state index is -0.453. The van der Waals surface area contributed by atoms with Gasteiger partial charge in [0.1, 0.15) is 17.4 Å². The van der Waals surface area contributed by atoms with Gasteiger partial charge in [0.2, 0.25) is 0 Å². The summed E-state index contributed by atoms with van der Waals surface area (Å²) in [7, 11) is 0. The van der Waals surface area contributed by atoms with Crippen molar-refractivity contribution in [3.63, 3.8) is 0 Å². The van der Waals surface area contributed by atoms with Crippen molar-refractivity contribution in [2.24, 2.45) is 0 Å². The predicted molar refractivity (Wildman–Crippen MR) is 62.4 cm³/mol. The van der Waals surface area contributed by atoms with Crippen LogP contribution in [0.4, 0.5) is 4.39 Å². The second-order valence-electron chi connectivity index (χ2n) is 3.63. The predicted octanol–water partition coefficient (Wildman–Crippen LogP) is 2.56. The molecule has 0 aliphatic carbocycles. The van der Waals surface area contributed by atoms with Crippen LogP contribution in [0.3, 0.4) is 0 Å². The molecular formula is C12H10ClFN2O. The number of carbonyl (C=O) groups excluding carboxylic acids is 1. The number of H-pyrrole nitrogens is 1. The number of Topliss-reactive ketones (excluding diaryl/α,β-unsaturated/α-hetero) is 1. The maximum atomic E-state index is 13.4. The van der Waals surface area contributed by atoms with E-state index < -0.39 is 5.82 Å². The number of imidazole rings is 1. The van der Waals surface area contributed by atoms with Crippen LogP contribution in [0.2, 0.25) is 5.02 Å². The van der Waals surface area contributed by atoms with E-state index in [1.807, 2.05) is 0 Å². The van der Waals surface area contributed by atoms with Gasteiger partial charge in [-0.15, -0.1) is 0 Å². The Kier molecular flexibility index (Phi) is 3.54. The molecule has 0 atom stereocenters. The molecule has 0 bridgehead atoms. The molecule has 0 aliphatic rings. The minimum absolute atomic E-state index is 0.0216. The van der Waals surface area contributed by atoms with Crippen molar-refractivity contribution in [3.8, 4) is 0 Å². The first kappa shape index (κ1) is 11.8. The fourth-order valence-corrected chi connectivity index (χ4v) is 1.77. The van der Waals surface area contributed by atoms with Crippen LogP contribution in [0.5, 0.6) is 0 Å². The van der Waals surface area contributed by atoms with E-state index >= 15 is 0 Å². The van der Waals surface area contributed by atoms with Crippen LogP contribution in [-0.2, 0) is 17.6 Å². The van der Waals surface area contributed by atoms with Gasteiger partial charge in [-0.3, -0.25) is 4.79 Å². The summed E-state index contributed by atoms with van der Waals surface area (Å²) in [6.45, 7) is 0. The second-order valence-corrected chi connectivity index (χ2v) is 4.04. The molecule has 0 saturated carbocycles. The van der Waals surface area contributed by atoms with Crippen molar-refractivity contribution >= 4 is 17.4 Å². The van der Waals surface area contributed by atoms with E-state index in [0.717, 1.165) is 0 Å². The second kappa shape index (κ2) is 5.10. The van der Waals surface area contributed by atoms with E-state index in [-0.39, 0.29) is 29.2 Å². The van der Waals surface area contributed by atoms with Crippen molar-refractivity contribution in [1.82, 2.24) is 9.97 Å². The molecule has 88 valence electrons. The molecule has 0 amide bonds. The largest absolute Gasteiger partial charge is 0.348 e. The maximum absolute atomic E-state index is 13.4. The van der Waals surface area contributed by atoms with Crippen LogP contribution in [0.15, 0.2) is 30.6 Å². The number of ketones is 1. The highest BCUT2D eigenvalue weighted by atomic mass is 35.5. The van der Waals surface area contributed by atoms with Gasteiger partial charge in [0, 0.05) is 29.4 Å². The number of hydrogen-bond acceptors (Lipinski definition) is 2. The van der Waals surface area contributed by atoms with Gasteiger partial charge in [0.05, 0.1) is 6.42 Å². The number of rotatable bonds is 4. The molecule has 5 heteroatoms. The quantitative estimate of drug-likeness (QED) is 0.909. The van der Waals surface area contributed by atoms with Crippen LogP contribution in [-0.4, -0.2) is 15.8 Å². The van der Waals surface area contributed by atoms with Crippen molar-refractivity contribution in [2.45, 2.75) is 12.8 Å². The first-order valence-electron chi connectivity index (χ1n) is 5.09. The fraction of sp³-hybridized carbons (Fsp3) is 0.167. The summed E-state index contributed by atoms with van der Waals surface area (Å²) in [5.74, 6) is -0.0142. The van der Waals surface area contributed by atoms with Crippen LogP contribution < -0.4 is 0 Å². The summed E-state index contributed by atoms with van der Waals surface area (Å²) in [5, 5.41) is 0.276. The zero-order chi connectivity index (χ0) is 12.3. The number of aromatic nitrogens is 2. The number of benzene rings is 1. The van der Waals surface area contributed by atoms with Crippen molar-refractivity contribution < 1.29 is 9.18 Å². The van der Waals surface area contributed by atoms with Crippen molar-refractivity contribution in [1.29, 1.82) is 0 Å². The number of nitrogens with one attached hydrogen (secondary N) is 1. The van der Waals surface area contributed by atoms with E-state index in [1.165, 1.54) is 12.1 Å². The van der Waals surface area contributed by atoms with Gasteiger partial charge in [0.25, 0.3) is 0 Å². The standard InChI is InChI=1S/C12H10ClFN2O/c13-10-2-1-3-11(14)9(10)6-8(17)7-12-15-4-5-16-12/h1-5H,6-7H2,(H,15,16). The molecule has 17 heavy (non-hydrogen) atoms. The number of nitrogens with zero attached hydrogens (tertiary/aromatic N) is 1. The molecule has 2 rings (SSSR count). The van der Waals surface area contributed by atoms with Crippen LogP contribution >= 0.6 is 11.6 Å². The summed E-state index contributed by atoms with van der Waals surface area (Å²) in [5.41, 5.74) is 0.241. The third-order valence-corrected chi connectivity index (χ3v) is 2.71. The van der Waals surface area contributed by atoms with Gasteiger partial charge in [0.15, 0.2) is 0 Å². The average molecular weight is 253 g/mol. The van der Waals surface area contributed by atoms with Gasteiger partial charge in [-0.2, -0.15) is 0 Å². The van der Waals surface area contributed by atoms with Crippen LogP contribution in [0.25, 0.3) is 0 Å². The Hall–Kier alpha value is -1.68. The van der Waals surface area contributed by atoms with Gasteiger partial charge in [-0.1, -0.05) is 17.7 Å². The summed E-state index contributed by atoms with van der Waals surface area (Å²) < 4.78 is 13.4. The fourth-order valence-electron chi connectivity index (χ4n) is 1.54. The highest BCUT2D eigenvalue weighted by Gasteiger charge is 2.13. The Morgan fingerprint density at radius 2 is 2.24 bits per heavy atom. The Labute approximate surface area is 103 Å². The lowest BCUT2D eigenvalue weighted by molar-refractivity contribution is -0.117. The van der Waals surface area contributed by atoms with E-state index in [0.29, 0.717) is 5.82 Å². The molecule has 1 aromatic heterocycles. The lowest BCUT2D eigenvalue weighted by Gasteiger charge is -2.04. The smallest absolute Gasteiger partial charge is 0.144 e. The maximum Gasteiger partial charge on any atom is 0.144 e. The molecule has 1 heterocycles. The SMILES string of the molecule is O=C(Cc1ncc[nH]1)Cc1c(F)cccc1Cl. The lowest BCUT2D eigenvalue weighted by Crippen LogP contribution is -2.09. The molecule has 1 aromatic carbocycles. The molecular weight excluding hydrogens is 243 g/mol. The molecule has 1 N–H and O–H groups in total. The molecule has 3 nitrogen and oxygen atoms in total. The monoisotopic (exact) mass is 252 g/mol. The molecule has 0 aliphatic heterocycles. The van der Waals surface area contributed by atoms with Gasteiger partial charge < -0.3 is 4.98 Å². The molecule has 0 radical (unpaired) electrons. The van der Waals surface area contributed by atoms with Crippen molar-refractivity contribution in [2.75, 3.05) is 0 Å².